The number of oxazole rings is 1. The van der Waals surface area contributed by atoms with Crippen LogP contribution in [-0.2, 0) is 4.74 Å². The summed E-state index contributed by atoms with van der Waals surface area (Å²) in [4.78, 5) is 4.33. The molecule has 0 aliphatic carbocycles. The van der Waals surface area contributed by atoms with Crippen molar-refractivity contribution in [3.8, 4) is 0 Å². The van der Waals surface area contributed by atoms with Crippen molar-refractivity contribution in [2.24, 2.45) is 0 Å². The molecular weight excluding hydrogens is 198 g/mol. The van der Waals surface area contributed by atoms with Crippen molar-refractivity contribution in [1.82, 2.24) is 4.98 Å². The molecule has 1 heterocycles. The predicted octanol–water partition coefficient (Wildman–Crippen LogP) is 2.57. The van der Waals surface area contributed by atoms with Crippen molar-refractivity contribution >= 4 is 22.9 Å². The van der Waals surface area contributed by atoms with Crippen molar-refractivity contribution < 1.29 is 9.15 Å². The first-order chi connectivity index (χ1) is 6.90. The summed E-state index contributed by atoms with van der Waals surface area (Å²) in [6.45, 7) is 0.712. The maximum absolute atomic E-state index is 5.51. The SMILES string of the molecule is COCCSc1nc2ccccc2o1. The molecule has 2 aromatic rings. The summed E-state index contributed by atoms with van der Waals surface area (Å²) >= 11 is 1.57. The first kappa shape index (κ1) is 9.55. The molecule has 2 rings (SSSR count). The molecule has 0 fully saturated rings. The molecule has 0 amide bonds. The second-order valence-electron chi connectivity index (χ2n) is 2.79. The topological polar surface area (TPSA) is 35.3 Å². The third-order valence-corrected chi connectivity index (χ3v) is 2.58. The number of hydrogen-bond donors (Lipinski definition) is 0. The Kier molecular flexibility index (Phi) is 3.06. The van der Waals surface area contributed by atoms with E-state index in [2.05, 4.69) is 4.98 Å². The van der Waals surface area contributed by atoms with E-state index >= 15 is 0 Å². The number of fused-ring (bicyclic) bond motifs is 1. The van der Waals surface area contributed by atoms with Gasteiger partial charge in [0.2, 0.25) is 0 Å². The molecule has 1 aromatic carbocycles. The van der Waals surface area contributed by atoms with Gasteiger partial charge in [0.1, 0.15) is 5.52 Å². The third-order valence-electron chi connectivity index (χ3n) is 1.79. The van der Waals surface area contributed by atoms with Gasteiger partial charge in [0.05, 0.1) is 6.61 Å². The summed E-state index contributed by atoms with van der Waals surface area (Å²) in [5.41, 5.74) is 1.75. The van der Waals surface area contributed by atoms with Crippen molar-refractivity contribution in [2.45, 2.75) is 5.22 Å². The molecule has 1 aromatic heterocycles. The molecule has 14 heavy (non-hydrogen) atoms. The summed E-state index contributed by atoms with van der Waals surface area (Å²) in [5.74, 6) is 0.864. The first-order valence-electron chi connectivity index (χ1n) is 4.37. The lowest BCUT2D eigenvalue weighted by molar-refractivity contribution is 0.218. The van der Waals surface area contributed by atoms with Gasteiger partial charge < -0.3 is 9.15 Å². The molecule has 0 unspecified atom stereocenters. The second kappa shape index (κ2) is 4.48. The van der Waals surface area contributed by atoms with Crippen LogP contribution in [0.15, 0.2) is 33.9 Å². The molecule has 0 saturated heterocycles. The van der Waals surface area contributed by atoms with Gasteiger partial charge in [0.25, 0.3) is 5.22 Å². The summed E-state index contributed by atoms with van der Waals surface area (Å²) < 4.78 is 10.5. The Bertz CT molecular complexity index is 380. The summed E-state index contributed by atoms with van der Waals surface area (Å²) in [6.07, 6.45) is 0. The molecule has 0 bridgehead atoms. The Hall–Kier alpha value is -1.00. The minimum Gasteiger partial charge on any atom is -0.431 e. The number of rotatable bonds is 4. The van der Waals surface area contributed by atoms with E-state index in [-0.39, 0.29) is 0 Å². The van der Waals surface area contributed by atoms with Crippen LogP contribution in [0.3, 0.4) is 0 Å². The highest BCUT2D eigenvalue weighted by Gasteiger charge is 2.04. The molecule has 0 N–H and O–H groups in total. The van der Waals surface area contributed by atoms with Gasteiger partial charge in [-0.1, -0.05) is 23.9 Å². The van der Waals surface area contributed by atoms with E-state index < -0.39 is 0 Å². The van der Waals surface area contributed by atoms with Crippen molar-refractivity contribution in [1.29, 1.82) is 0 Å². The Morgan fingerprint density at radius 1 is 1.43 bits per heavy atom. The molecule has 0 aliphatic heterocycles. The molecule has 74 valence electrons. The van der Waals surface area contributed by atoms with E-state index in [0.29, 0.717) is 11.8 Å². The van der Waals surface area contributed by atoms with Gasteiger partial charge in [-0.05, 0) is 12.1 Å². The van der Waals surface area contributed by atoms with E-state index in [0.717, 1.165) is 16.9 Å². The van der Waals surface area contributed by atoms with Crippen LogP contribution >= 0.6 is 11.8 Å². The quantitative estimate of drug-likeness (QED) is 0.572. The van der Waals surface area contributed by atoms with E-state index in [1.54, 1.807) is 18.9 Å². The number of hydrogen-bond acceptors (Lipinski definition) is 4. The van der Waals surface area contributed by atoms with Crippen molar-refractivity contribution in [3.63, 3.8) is 0 Å². The van der Waals surface area contributed by atoms with Crippen LogP contribution in [0, 0.1) is 0 Å². The summed E-state index contributed by atoms with van der Waals surface area (Å²) in [7, 11) is 1.69. The van der Waals surface area contributed by atoms with Gasteiger partial charge in [-0.15, -0.1) is 0 Å². The molecule has 4 heteroatoms. The molecule has 0 spiro atoms. The van der Waals surface area contributed by atoms with Crippen LogP contribution in [0.1, 0.15) is 0 Å². The number of aromatic nitrogens is 1. The average Bonchev–Trinajstić information content (AvgIpc) is 2.60. The Labute approximate surface area is 86.5 Å². The molecular formula is C10H11NO2S. The van der Waals surface area contributed by atoms with Gasteiger partial charge in [-0.2, -0.15) is 0 Å². The fourth-order valence-corrected chi connectivity index (χ4v) is 1.86. The second-order valence-corrected chi connectivity index (χ2v) is 3.83. The maximum atomic E-state index is 5.51. The Balaban J connectivity index is 2.11. The summed E-state index contributed by atoms with van der Waals surface area (Å²) in [5, 5.41) is 0.711. The van der Waals surface area contributed by atoms with Gasteiger partial charge in [-0.25, -0.2) is 4.98 Å². The normalized spacial score (nSPS) is 10.9. The van der Waals surface area contributed by atoms with Crippen molar-refractivity contribution in [3.05, 3.63) is 24.3 Å². The highest BCUT2D eigenvalue weighted by molar-refractivity contribution is 7.99. The maximum Gasteiger partial charge on any atom is 0.256 e. The molecule has 0 aliphatic rings. The van der Waals surface area contributed by atoms with Gasteiger partial charge in [0, 0.05) is 12.9 Å². The highest BCUT2D eigenvalue weighted by atomic mass is 32.2. The van der Waals surface area contributed by atoms with E-state index in [4.69, 9.17) is 9.15 Å². The minimum absolute atomic E-state index is 0.711. The molecule has 0 saturated carbocycles. The lowest BCUT2D eigenvalue weighted by Gasteiger charge is -1.93. The molecule has 3 nitrogen and oxygen atoms in total. The predicted molar refractivity (Wildman–Crippen MR) is 56.6 cm³/mol. The zero-order chi connectivity index (χ0) is 9.80. The number of methoxy groups -OCH3 is 1. The zero-order valence-corrected chi connectivity index (χ0v) is 8.71. The Morgan fingerprint density at radius 3 is 3.07 bits per heavy atom. The third kappa shape index (κ3) is 2.08. The highest BCUT2D eigenvalue weighted by Crippen LogP contribution is 2.22. The zero-order valence-electron chi connectivity index (χ0n) is 7.90. The van der Waals surface area contributed by atoms with E-state index in [9.17, 15) is 0 Å². The van der Waals surface area contributed by atoms with Gasteiger partial charge in [-0.3, -0.25) is 0 Å². The van der Waals surface area contributed by atoms with Crippen LogP contribution in [0.4, 0.5) is 0 Å². The van der Waals surface area contributed by atoms with Crippen LogP contribution in [0.25, 0.3) is 11.1 Å². The van der Waals surface area contributed by atoms with Gasteiger partial charge in [0.15, 0.2) is 5.58 Å². The minimum atomic E-state index is 0.711. The standard InChI is InChI=1S/C10H11NO2S/c1-12-6-7-14-10-11-8-4-2-3-5-9(8)13-10/h2-5H,6-7H2,1H3. The van der Waals surface area contributed by atoms with Crippen molar-refractivity contribution in [2.75, 3.05) is 19.5 Å². The van der Waals surface area contributed by atoms with Crippen LogP contribution in [0.2, 0.25) is 0 Å². The number of ether oxygens (including phenoxy) is 1. The largest absolute Gasteiger partial charge is 0.431 e. The number of benzene rings is 1. The monoisotopic (exact) mass is 209 g/mol. The number of nitrogens with zero attached hydrogens (tertiary/aromatic N) is 1. The van der Waals surface area contributed by atoms with Crippen LogP contribution < -0.4 is 0 Å². The molecule has 0 atom stereocenters. The number of thioether (sulfide) groups is 1. The van der Waals surface area contributed by atoms with E-state index in [1.807, 2.05) is 24.3 Å². The smallest absolute Gasteiger partial charge is 0.256 e. The lowest BCUT2D eigenvalue weighted by Crippen LogP contribution is -1.90. The van der Waals surface area contributed by atoms with Crippen LogP contribution in [0.5, 0.6) is 0 Å². The fourth-order valence-electron chi connectivity index (χ4n) is 1.13. The lowest BCUT2D eigenvalue weighted by atomic mass is 10.3. The van der Waals surface area contributed by atoms with Crippen LogP contribution in [-0.4, -0.2) is 24.5 Å². The first-order valence-corrected chi connectivity index (χ1v) is 5.36. The average molecular weight is 209 g/mol. The van der Waals surface area contributed by atoms with E-state index in [1.165, 1.54) is 0 Å². The summed E-state index contributed by atoms with van der Waals surface area (Å²) in [6, 6.07) is 7.76. The molecule has 0 radical (unpaired) electrons. The number of para-hydroxylation sites is 2. The fraction of sp³-hybridized carbons (Fsp3) is 0.300. The van der Waals surface area contributed by atoms with Gasteiger partial charge >= 0.3 is 0 Å². The Morgan fingerprint density at radius 2 is 2.29 bits per heavy atom.